The number of likely N-dealkylation sites (N-methyl/N-ethyl adjacent to an activating group) is 1. The second kappa shape index (κ2) is 7.19. The Morgan fingerprint density at radius 1 is 1.04 bits per heavy atom. The Morgan fingerprint density at radius 3 is 2.54 bits per heavy atom. The Kier molecular flexibility index (Phi) is 4.76. The molecule has 1 N–H and O–H groups in total. The maximum Gasteiger partial charge on any atom is 0.147 e. The largest absolute Gasteiger partial charge is 0.505 e. The molecule has 6 heteroatoms. The monoisotopic (exact) mass is 368 g/mol. The highest BCUT2D eigenvalue weighted by atomic mass is 35.5. The lowest BCUT2D eigenvalue weighted by atomic mass is 9.97. The Labute approximate surface area is 157 Å². The minimum atomic E-state index is -0.159. The molecule has 3 aromatic rings. The molecule has 1 saturated heterocycles. The number of fused-ring (bicyclic) bond motifs is 1. The molecule has 0 unspecified atom stereocenters. The Balaban J connectivity index is 1.87. The van der Waals surface area contributed by atoms with Crippen LogP contribution >= 0.6 is 11.6 Å². The third-order valence-corrected chi connectivity index (χ3v) is 5.32. The lowest BCUT2D eigenvalue weighted by Gasteiger charge is -2.38. The summed E-state index contributed by atoms with van der Waals surface area (Å²) in [5.74, 6) is 0.180. The summed E-state index contributed by atoms with van der Waals surface area (Å²) in [7, 11) is 2.13. The number of aromatic nitrogens is 2. The van der Waals surface area contributed by atoms with Gasteiger partial charge in [0, 0.05) is 49.5 Å². The number of halogens is 1. The molecule has 4 rings (SSSR count). The van der Waals surface area contributed by atoms with Gasteiger partial charge in [-0.2, -0.15) is 0 Å². The lowest BCUT2D eigenvalue weighted by molar-refractivity contribution is 0.124. The third kappa shape index (κ3) is 3.14. The molecule has 2 aromatic heterocycles. The number of phenols is 1. The van der Waals surface area contributed by atoms with E-state index in [2.05, 4.69) is 26.8 Å². The second-order valence-electron chi connectivity index (χ2n) is 6.69. The zero-order chi connectivity index (χ0) is 18.1. The number of piperazine rings is 1. The van der Waals surface area contributed by atoms with E-state index in [9.17, 15) is 5.11 Å². The highest BCUT2D eigenvalue weighted by Gasteiger charge is 2.29. The van der Waals surface area contributed by atoms with Gasteiger partial charge in [0.25, 0.3) is 0 Å². The molecule has 0 bridgehead atoms. The van der Waals surface area contributed by atoms with Crippen molar-refractivity contribution in [1.29, 1.82) is 0 Å². The number of pyridine rings is 2. The van der Waals surface area contributed by atoms with Gasteiger partial charge in [-0.15, -0.1) is 0 Å². The molecule has 1 aromatic carbocycles. The van der Waals surface area contributed by atoms with E-state index in [4.69, 9.17) is 11.6 Å². The summed E-state index contributed by atoms with van der Waals surface area (Å²) in [6.45, 7) is 3.75. The molecule has 134 valence electrons. The number of nitrogens with zero attached hydrogens (tertiary/aromatic N) is 4. The van der Waals surface area contributed by atoms with Gasteiger partial charge in [-0.05, 0) is 37.4 Å². The minimum absolute atomic E-state index is 0.159. The molecular formula is C20H21ClN4O. The van der Waals surface area contributed by atoms with E-state index in [0.29, 0.717) is 10.5 Å². The average Bonchev–Trinajstić information content (AvgIpc) is 2.68. The van der Waals surface area contributed by atoms with E-state index in [1.165, 1.54) is 0 Å². The molecule has 0 radical (unpaired) electrons. The van der Waals surface area contributed by atoms with Crippen LogP contribution in [0.4, 0.5) is 0 Å². The summed E-state index contributed by atoms with van der Waals surface area (Å²) in [5.41, 5.74) is 2.19. The van der Waals surface area contributed by atoms with Crippen LogP contribution in [0.15, 0.2) is 48.8 Å². The van der Waals surface area contributed by atoms with Crippen LogP contribution in [0.2, 0.25) is 5.02 Å². The van der Waals surface area contributed by atoms with Gasteiger partial charge in [-0.3, -0.25) is 14.9 Å². The molecule has 3 heterocycles. The quantitative estimate of drug-likeness (QED) is 0.768. The van der Waals surface area contributed by atoms with Crippen molar-refractivity contribution in [3.8, 4) is 5.75 Å². The highest BCUT2D eigenvalue weighted by Crippen LogP contribution is 2.40. The number of hydrogen-bond acceptors (Lipinski definition) is 5. The fraction of sp³-hybridized carbons (Fsp3) is 0.300. The summed E-state index contributed by atoms with van der Waals surface area (Å²) in [4.78, 5) is 13.6. The molecule has 0 amide bonds. The first kappa shape index (κ1) is 17.2. The first-order valence-electron chi connectivity index (χ1n) is 8.75. The van der Waals surface area contributed by atoms with Gasteiger partial charge in [0.15, 0.2) is 0 Å². The highest BCUT2D eigenvalue weighted by molar-refractivity contribution is 6.35. The van der Waals surface area contributed by atoms with E-state index >= 15 is 0 Å². The van der Waals surface area contributed by atoms with Gasteiger partial charge < -0.3 is 10.0 Å². The predicted octanol–water partition coefficient (Wildman–Crippen LogP) is 3.33. The van der Waals surface area contributed by atoms with Crippen LogP contribution in [-0.2, 0) is 0 Å². The van der Waals surface area contributed by atoms with Gasteiger partial charge in [0.1, 0.15) is 11.3 Å². The van der Waals surface area contributed by atoms with Gasteiger partial charge >= 0.3 is 0 Å². The van der Waals surface area contributed by atoms with Gasteiger partial charge in [0.2, 0.25) is 0 Å². The Hall–Kier alpha value is -2.21. The zero-order valence-corrected chi connectivity index (χ0v) is 15.4. The lowest BCUT2D eigenvalue weighted by Crippen LogP contribution is -2.46. The summed E-state index contributed by atoms with van der Waals surface area (Å²) in [6, 6.07) is 11.3. The van der Waals surface area contributed by atoms with E-state index in [1.807, 2.05) is 36.4 Å². The van der Waals surface area contributed by atoms with Crippen molar-refractivity contribution >= 4 is 22.5 Å². The minimum Gasteiger partial charge on any atom is -0.505 e. The second-order valence-corrected chi connectivity index (χ2v) is 7.10. The Morgan fingerprint density at radius 2 is 1.81 bits per heavy atom. The van der Waals surface area contributed by atoms with Gasteiger partial charge in [-0.25, -0.2) is 0 Å². The van der Waals surface area contributed by atoms with Crippen LogP contribution in [0.25, 0.3) is 10.9 Å². The molecule has 0 saturated carbocycles. The van der Waals surface area contributed by atoms with Crippen molar-refractivity contribution < 1.29 is 5.11 Å². The van der Waals surface area contributed by atoms with Crippen LogP contribution in [0.1, 0.15) is 17.3 Å². The van der Waals surface area contributed by atoms with Crippen LogP contribution < -0.4 is 0 Å². The van der Waals surface area contributed by atoms with Crippen molar-refractivity contribution in [2.24, 2.45) is 0 Å². The fourth-order valence-corrected chi connectivity index (χ4v) is 3.85. The third-order valence-electron chi connectivity index (χ3n) is 5.01. The number of benzene rings is 1. The maximum atomic E-state index is 11.0. The molecule has 1 aliphatic heterocycles. The smallest absolute Gasteiger partial charge is 0.147 e. The van der Waals surface area contributed by atoms with Gasteiger partial charge in [0.05, 0.1) is 16.8 Å². The first-order valence-corrected chi connectivity index (χ1v) is 9.12. The van der Waals surface area contributed by atoms with Crippen LogP contribution in [-0.4, -0.2) is 58.1 Å². The summed E-state index contributed by atoms with van der Waals surface area (Å²) < 4.78 is 0. The van der Waals surface area contributed by atoms with E-state index < -0.39 is 0 Å². The van der Waals surface area contributed by atoms with E-state index in [0.717, 1.165) is 42.8 Å². The summed E-state index contributed by atoms with van der Waals surface area (Å²) >= 11 is 6.53. The molecule has 1 aliphatic rings. The van der Waals surface area contributed by atoms with Crippen molar-refractivity contribution in [2.75, 3.05) is 33.2 Å². The summed E-state index contributed by atoms with van der Waals surface area (Å²) in [5, 5.41) is 12.4. The standard InChI is InChI=1S/C20H21ClN4O/c1-24-9-11-25(12-10-24)19(17-6-2-3-7-22-17)15-13-16(21)14-5-4-8-23-18(14)20(15)26/h2-8,13,19,26H,9-12H2,1H3/t19-/m1/s1. The van der Waals surface area contributed by atoms with E-state index in [-0.39, 0.29) is 11.8 Å². The normalized spacial score (nSPS) is 17.5. The molecule has 0 spiro atoms. The summed E-state index contributed by atoms with van der Waals surface area (Å²) in [6.07, 6.45) is 3.46. The van der Waals surface area contributed by atoms with Crippen LogP contribution in [0.3, 0.4) is 0 Å². The van der Waals surface area contributed by atoms with Crippen LogP contribution in [0.5, 0.6) is 5.75 Å². The molecule has 1 atom stereocenters. The Bertz CT molecular complexity index is 910. The first-order chi connectivity index (χ1) is 12.6. The number of aromatic hydroxyl groups is 1. The SMILES string of the molecule is CN1CCN([C@@H](c2ccccn2)c2cc(Cl)c3cccnc3c2O)CC1. The number of hydrogen-bond donors (Lipinski definition) is 1. The number of phenolic OH excluding ortho intramolecular Hbond substituents is 1. The van der Waals surface area contributed by atoms with Gasteiger partial charge in [-0.1, -0.05) is 17.7 Å². The maximum absolute atomic E-state index is 11.0. The molecule has 5 nitrogen and oxygen atoms in total. The van der Waals surface area contributed by atoms with Crippen LogP contribution in [0, 0.1) is 0 Å². The average molecular weight is 369 g/mol. The van der Waals surface area contributed by atoms with Crippen molar-refractivity contribution in [3.63, 3.8) is 0 Å². The number of rotatable bonds is 3. The fourth-order valence-electron chi connectivity index (χ4n) is 3.58. The molecule has 26 heavy (non-hydrogen) atoms. The molecular weight excluding hydrogens is 348 g/mol. The molecule has 0 aliphatic carbocycles. The van der Waals surface area contributed by atoms with Crippen molar-refractivity contribution in [1.82, 2.24) is 19.8 Å². The molecule has 1 fully saturated rings. The van der Waals surface area contributed by atoms with Crippen molar-refractivity contribution in [2.45, 2.75) is 6.04 Å². The van der Waals surface area contributed by atoms with E-state index in [1.54, 1.807) is 12.4 Å². The predicted molar refractivity (Wildman–Crippen MR) is 104 cm³/mol. The van der Waals surface area contributed by atoms with Crippen molar-refractivity contribution in [3.05, 3.63) is 65.1 Å². The topological polar surface area (TPSA) is 52.5 Å². The zero-order valence-electron chi connectivity index (χ0n) is 14.6.